The first-order valence-electron chi connectivity index (χ1n) is 8.82. The van der Waals surface area contributed by atoms with Crippen LogP contribution < -0.4 is 0 Å². The molecule has 0 bridgehead atoms. The van der Waals surface area contributed by atoms with Gasteiger partial charge in [-0.15, -0.1) is 0 Å². The highest BCUT2D eigenvalue weighted by molar-refractivity contribution is 6.31. The number of carbonyl (C=O) groups is 1. The lowest BCUT2D eigenvalue weighted by Gasteiger charge is -2.25. The van der Waals surface area contributed by atoms with Crippen LogP contribution in [0.2, 0.25) is 5.02 Å². The number of nitrogens with zero attached hydrogens (tertiary/aromatic N) is 3. The minimum atomic E-state index is -0.123. The van der Waals surface area contributed by atoms with Crippen molar-refractivity contribution in [2.75, 3.05) is 0 Å². The predicted molar refractivity (Wildman–Crippen MR) is 106 cm³/mol. The van der Waals surface area contributed by atoms with Gasteiger partial charge in [-0.2, -0.15) is 4.98 Å². The molecule has 2 aromatic carbocycles. The van der Waals surface area contributed by atoms with Gasteiger partial charge < -0.3 is 9.42 Å². The smallest absolute Gasteiger partial charge is 0.254 e. The Bertz CT molecular complexity index is 966. The number of hydrogen-bond acceptors (Lipinski definition) is 4. The van der Waals surface area contributed by atoms with Gasteiger partial charge in [-0.05, 0) is 51.5 Å². The SMILES string of the molecule is Cc1cccc(-c2noc(CN(C(=O)c3ccc(C)c(Cl)c3)C(C)C)n2)c1. The Morgan fingerprint density at radius 2 is 1.96 bits per heavy atom. The fraction of sp³-hybridized carbons (Fsp3) is 0.286. The number of aromatic nitrogens is 2. The quantitative estimate of drug-likeness (QED) is 0.618. The number of halogens is 1. The van der Waals surface area contributed by atoms with Crippen LogP contribution in [0.5, 0.6) is 0 Å². The normalized spacial score (nSPS) is 11.0. The van der Waals surface area contributed by atoms with Crippen LogP contribution >= 0.6 is 11.6 Å². The summed E-state index contributed by atoms with van der Waals surface area (Å²) in [7, 11) is 0. The molecule has 0 saturated heterocycles. The summed E-state index contributed by atoms with van der Waals surface area (Å²) in [6.07, 6.45) is 0. The zero-order valence-corrected chi connectivity index (χ0v) is 16.6. The minimum absolute atomic E-state index is 0.0353. The first-order valence-corrected chi connectivity index (χ1v) is 9.19. The van der Waals surface area contributed by atoms with E-state index in [4.69, 9.17) is 16.1 Å². The van der Waals surface area contributed by atoms with Gasteiger partial charge in [0.15, 0.2) is 0 Å². The molecule has 0 spiro atoms. The topological polar surface area (TPSA) is 59.2 Å². The second kappa shape index (κ2) is 7.92. The first-order chi connectivity index (χ1) is 12.8. The lowest BCUT2D eigenvalue weighted by atomic mass is 10.1. The van der Waals surface area contributed by atoms with E-state index in [1.54, 1.807) is 17.0 Å². The van der Waals surface area contributed by atoms with Gasteiger partial charge >= 0.3 is 0 Å². The lowest BCUT2D eigenvalue weighted by molar-refractivity contribution is 0.0667. The summed E-state index contributed by atoms with van der Waals surface area (Å²) in [5.41, 5.74) is 3.48. The zero-order chi connectivity index (χ0) is 19.6. The van der Waals surface area contributed by atoms with Crippen LogP contribution in [-0.2, 0) is 6.54 Å². The summed E-state index contributed by atoms with van der Waals surface area (Å²) in [5, 5.41) is 4.63. The Kier molecular flexibility index (Phi) is 5.61. The van der Waals surface area contributed by atoms with Crippen molar-refractivity contribution in [1.29, 1.82) is 0 Å². The predicted octanol–water partition coefficient (Wildman–Crippen LogP) is 5.06. The van der Waals surface area contributed by atoms with Crippen molar-refractivity contribution < 1.29 is 9.32 Å². The third-order valence-electron chi connectivity index (χ3n) is 4.35. The van der Waals surface area contributed by atoms with Crippen molar-refractivity contribution in [2.24, 2.45) is 0 Å². The molecule has 0 radical (unpaired) electrons. The number of amides is 1. The van der Waals surface area contributed by atoms with Crippen LogP contribution in [0.3, 0.4) is 0 Å². The molecule has 0 N–H and O–H groups in total. The van der Waals surface area contributed by atoms with Gasteiger partial charge in [-0.3, -0.25) is 4.79 Å². The highest BCUT2D eigenvalue weighted by Crippen LogP contribution is 2.21. The number of benzene rings is 2. The number of carbonyl (C=O) groups excluding carboxylic acids is 1. The van der Waals surface area contributed by atoms with Crippen LogP contribution in [-0.4, -0.2) is 27.0 Å². The number of rotatable bonds is 5. The van der Waals surface area contributed by atoms with Gasteiger partial charge in [-0.25, -0.2) is 0 Å². The van der Waals surface area contributed by atoms with E-state index in [0.29, 0.717) is 22.3 Å². The zero-order valence-electron chi connectivity index (χ0n) is 15.9. The standard InChI is InChI=1S/C21H22ClN3O2/c1-13(2)25(21(26)17-9-8-15(4)18(22)11-17)12-19-23-20(24-27-19)16-7-5-6-14(3)10-16/h5-11,13H,12H2,1-4H3. The Hall–Kier alpha value is -2.66. The fourth-order valence-corrected chi connectivity index (χ4v) is 2.93. The summed E-state index contributed by atoms with van der Waals surface area (Å²) >= 11 is 6.17. The molecule has 0 saturated carbocycles. The highest BCUT2D eigenvalue weighted by Gasteiger charge is 2.22. The molecule has 3 rings (SSSR count). The third-order valence-corrected chi connectivity index (χ3v) is 4.76. The minimum Gasteiger partial charge on any atom is -0.337 e. The molecule has 27 heavy (non-hydrogen) atoms. The molecule has 6 heteroatoms. The van der Waals surface area contributed by atoms with Crippen LogP contribution in [0.4, 0.5) is 0 Å². The Morgan fingerprint density at radius 1 is 1.19 bits per heavy atom. The molecular formula is C21H22ClN3O2. The van der Waals surface area contributed by atoms with Crippen molar-refractivity contribution >= 4 is 17.5 Å². The van der Waals surface area contributed by atoms with Crippen LogP contribution in [0, 0.1) is 13.8 Å². The summed E-state index contributed by atoms with van der Waals surface area (Å²) in [4.78, 5) is 19.1. The van der Waals surface area contributed by atoms with Gasteiger partial charge in [0.05, 0.1) is 0 Å². The summed E-state index contributed by atoms with van der Waals surface area (Å²) in [6.45, 7) is 8.05. The van der Waals surface area contributed by atoms with Crippen molar-refractivity contribution in [3.63, 3.8) is 0 Å². The number of hydrogen-bond donors (Lipinski definition) is 0. The van der Waals surface area contributed by atoms with E-state index in [2.05, 4.69) is 10.1 Å². The van der Waals surface area contributed by atoms with E-state index in [1.807, 2.05) is 58.0 Å². The Morgan fingerprint density at radius 3 is 2.63 bits per heavy atom. The van der Waals surface area contributed by atoms with Gasteiger partial charge in [0.1, 0.15) is 6.54 Å². The van der Waals surface area contributed by atoms with E-state index < -0.39 is 0 Å². The average molecular weight is 384 g/mol. The van der Waals surface area contributed by atoms with E-state index in [0.717, 1.165) is 16.7 Å². The maximum Gasteiger partial charge on any atom is 0.254 e. The van der Waals surface area contributed by atoms with E-state index >= 15 is 0 Å². The lowest BCUT2D eigenvalue weighted by Crippen LogP contribution is -2.36. The molecule has 1 aromatic heterocycles. The van der Waals surface area contributed by atoms with Crippen molar-refractivity contribution in [3.8, 4) is 11.4 Å². The molecule has 0 aliphatic rings. The number of aryl methyl sites for hydroxylation is 2. The molecule has 140 valence electrons. The van der Waals surface area contributed by atoms with Gasteiger partial charge in [0, 0.05) is 22.2 Å². The van der Waals surface area contributed by atoms with Gasteiger partial charge in [-0.1, -0.05) is 46.6 Å². The monoisotopic (exact) mass is 383 g/mol. The summed E-state index contributed by atoms with van der Waals surface area (Å²) < 4.78 is 5.39. The average Bonchev–Trinajstić information content (AvgIpc) is 3.10. The largest absolute Gasteiger partial charge is 0.337 e. The van der Waals surface area contributed by atoms with Crippen LogP contribution in [0.1, 0.15) is 41.2 Å². The third kappa shape index (κ3) is 4.37. The Labute approximate surface area is 164 Å². The summed E-state index contributed by atoms with van der Waals surface area (Å²) in [6, 6.07) is 13.2. The molecule has 0 aliphatic heterocycles. The second-order valence-corrected chi connectivity index (χ2v) is 7.28. The maximum atomic E-state index is 13.0. The van der Waals surface area contributed by atoms with E-state index in [9.17, 15) is 4.79 Å². The van der Waals surface area contributed by atoms with Crippen LogP contribution in [0.25, 0.3) is 11.4 Å². The van der Waals surface area contributed by atoms with E-state index in [-0.39, 0.29) is 18.5 Å². The molecule has 3 aromatic rings. The molecule has 0 fully saturated rings. The molecule has 5 nitrogen and oxygen atoms in total. The molecule has 0 aliphatic carbocycles. The molecule has 0 unspecified atom stereocenters. The van der Waals surface area contributed by atoms with Gasteiger partial charge in [0.2, 0.25) is 11.7 Å². The fourth-order valence-electron chi connectivity index (χ4n) is 2.75. The van der Waals surface area contributed by atoms with Gasteiger partial charge in [0.25, 0.3) is 5.91 Å². The molecule has 0 atom stereocenters. The van der Waals surface area contributed by atoms with E-state index in [1.165, 1.54) is 0 Å². The van der Waals surface area contributed by atoms with Crippen LogP contribution in [0.15, 0.2) is 47.0 Å². The second-order valence-electron chi connectivity index (χ2n) is 6.87. The summed E-state index contributed by atoms with van der Waals surface area (Å²) in [5.74, 6) is 0.789. The molecule has 1 amide bonds. The first kappa shape index (κ1) is 19.1. The molecular weight excluding hydrogens is 362 g/mol. The van der Waals surface area contributed by atoms with Crippen molar-refractivity contribution in [2.45, 2.75) is 40.3 Å². The Balaban J connectivity index is 1.82. The molecule has 1 heterocycles. The maximum absolute atomic E-state index is 13.0. The van der Waals surface area contributed by atoms with Crippen molar-refractivity contribution in [1.82, 2.24) is 15.0 Å². The van der Waals surface area contributed by atoms with Crippen molar-refractivity contribution in [3.05, 3.63) is 70.1 Å². The highest BCUT2D eigenvalue weighted by atomic mass is 35.5.